The van der Waals surface area contributed by atoms with Crippen LogP contribution < -0.4 is 0 Å². The Hall–Kier alpha value is -1.05. The van der Waals surface area contributed by atoms with E-state index in [9.17, 15) is 0 Å². The summed E-state index contributed by atoms with van der Waals surface area (Å²) in [6, 6.07) is 3.96. The number of aromatic amines is 1. The number of nitrogens with one attached hydrogen (secondary N) is 1. The van der Waals surface area contributed by atoms with Crippen LogP contribution >= 0.6 is 0 Å². The molecule has 1 rings (SSSR count). The first-order valence-corrected chi connectivity index (χ1v) is 3.76. The van der Waals surface area contributed by atoms with Crippen molar-refractivity contribution in [2.75, 3.05) is 0 Å². The SMILES string of the molecule is CC(C)(C)/N=C/c1ccc[nH]1. The molecule has 0 atom stereocenters. The fraction of sp³-hybridized carbons (Fsp3) is 0.444. The molecule has 0 aliphatic heterocycles. The van der Waals surface area contributed by atoms with Gasteiger partial charge >= 0.3 is 0 Å². The van der Waals surface area contributed by atoms with Gasteiger partial charge in [-0.15, -0.1) is 0 Å². The van der Waals surface area contributed by atoms with Gasteiger partial charge in [0.15, 0.2) is 0 Å². The average Bonchev–Trinajstić information content (AvgIpc) is 2.32. The van der Waals surface area contributed by atoms with Crippen molar-refractivity contribution in [1.29, 1.82) is 0 Å². The van der Waals surface area contributed by atoms with Gasteiger partial charge in [-0.3, -0.25) is 4.99 Å². The number of hydrogen-bond donors (Lipinski definition) is 1. The smallest absolute Gasteiger partial charge is 0.0562 e. The number of rotatable bonds is 1. The molecule has 1 heterocycles. The normalized spacial score (nSPS) is 12.6. The Bertz CT molecular complexity index is 227. The van der Waals surface area contributed by atoms with Gasteiger partial charge in [-0.05, 0) is 32.9 Å². The van der Waals surface area contributed by atoms with E-state index in [2.05, 4.69) is 30.7 Å². The number of aromatic nitrogens is 1. The lowest BCUT2D eigenvalue weighted by atomic mass is 10.1. The third-order valence-electron chi connectivity index (χ3n) is 1.21. The van der Waals surface area contributed by atoms with Crippen molar-refractivity contribution in [3.8, 4) is 0 Å². The summed E-state index contributed by atoms with van der Waals surface area (Å²) in [6.07, 6.45) is 3.75. The fourth-order valence-electron chi connectivity index (χ4n) is 0.688. The van der Waals surface area contributed by atoms with E-state index in [1.54, 1.807) is 0 Å². The fourth-order valence-corrected chi connectivity index (χ4v) is 0.688. The Morgan fingerprint density at radius 3 is 2.64 bits per heavy atom. The standard InChI is InChI=1S/C9H14N2/c1-9(2,3)11-7-8-5-4-6-10-8/h4-7,10H,1-3H3/b11-7+. The summed E-state index contributed by atoms with van der Waals surface area (Å²) >= 11 is 0. The number of nitrogens with zero attached hydrogens (tertiary/aromatic N) is 1. The monoisotopic (exact) mass is 150 g/mol. The first kappa shape index (κ1) is 8.05. The van der Waals surface area contributed by atoms with Crippen LogP contribution in [0.3, 0.4) is 0 Å². The summed E-state index contributed by atoms with van der Waals surface area (Å²) in [6.45, 7) is 6.23. The summed E-state index contributed by atoms with van der Waals surface area (Å²) in [5.74, 6) is 0. The second-order valence-corrected chi connectivity index (χ2v) is 3.55. The minimum atomic E-state index is 0.0190. The topological polar surface area (TPSA) is 28.1 Å². The van der Waals surface area contributed by atoms with Gasteiger partial charge in [0.2, 0.25) is 0 Å². The molecule has 0 saturated heterocycles. The van der Waals surface area contributed by atoms with E-state index in [1.165, 1.54) is 0 Å². The summed E-state index contributed by atoms with van der Waals surface area (Å²) in [7, 11) is 0. The van der Waals surface area contributed by atoms with Crippen LogP contribution in [-0.2, 0) is 0 Å². The van der Waals surface area contributed by atoms with Crippen LogP contribution in [0.25, 0.3) is 0 Å². The highest BCUT2D eigenvalue weighted by Crippen LogP contribution is 2.05. The predicted molar refractivity (Wildman–Crippen MR) is 48.1 cm³/mol. The molecule has 0 unspecified atom stereocenters. The minimum Gasteiger partial charge on any atom is -0.360 e. The van der Waals surface area contributed by atoms with Gasteiger partial charge in [-0.25, -0.2) is 0 Å². The van der Waals surface area contributed by atoms with Crippen molar-refractivity contribution in [1.82, 2.24) is 4.98 Å². The van der Waals surface area contributed by atoms with Crippen LogP contribution in [-0.4, -0.2) is 16.7 Å². The van der Waals surface area contributed by atoms with Crippen LogP contribution in [0.4, 0.5) is 0 Å². The lowest BCUT2D eigenvalue weighted by Gasteiger charge is -2.09. The van der Waals surface area contributed by atoms with Gasteiger partial charge < -0.3 is 4.98 Å². The molecule has 0 aromatic carbocycles. The van der Waals surface area contributed by atoms with Crippen LogP contribution in [0, 0.1) is 0 Å². The Balaban J connectivity index is 2.63. The minimum absolute atomic E-state index is 0.0190. The summed E-state index contributed by atoms with van der Waals surface area (Å²) in [5, 5.41) is 0. The van der Waals surface area contributed by atoms with Gasteiger partial charge in [-0.1, -0.05) is 0 Å². The molecule has 0 radical (unpaired) electrons. The molecule has 0 saturated carbocycles. The van der Waals surface area contributed by atoms with E-state index < -0.39 is 0 Å². The maximum Gasteiger partial charge on any atom is 0.0562 e. The van der Waals surface area contributed by atoms with E-state index in [1.807, 2.05) is 24.5 Å². The number of aliphatic imine (C=N–C) groups is 1. The van der Waals surface area contributed by atoms with Crippen molar-refractivity contribution in [2.24, 2.45) is 4.99 Å². The molecular formula is C9H14N2. The zero-order chi connectivity index (χ0) is 8.32. The molecule has 0 bridgehead atoms. The second-order valence-electron chi connectivity index (χ2n) is 3.55. The van der Waals surface area contributed by atoms with Crippen LogP contribution in [0.15, 0.2) is 23.3 Å². The summed E-state index contributed by atoms with van der Waals surface area (Å²) in [5.41, 5.74) is 1.07. The largest absolute Gasteiger partial charge is 0.360 e. The van der Waals surface area contributed by atoms with E-state index in [4.69, 9.17) is 0 Å². The van der Waals surface area contributed by atoms with E-state index >= 15 is 0 Å². The quantitative estimate of drug-likeness (QED) is 0.595. The molecule has 60 valence electrons. The first-order valence-electron chi connectivity index (χ1n) is 3.76. The summed E-state index contributed by atoms with van der Waals surface area (Å²) < 4.78 is 0. The van der Waals surface area contributed by atoms with Crippen molar-refractivity contribution in [3.05, 3.63) is 24.0 Å². The van der Waals surface area contributed by atoms with Crippen LogP contribution in [0.5, 0.6) is 0 Å². The molecule has 0 aliphatic carbocycles. The number of H-pyrrole nitrogens is 1. The highest BCUT2D eigenvalue weighted by Gasteiger charge is 2.04. The maximum absolute atomic E-state index is 4.34. The Morgan fingerprint density at radius 2 is 2.18 bits per heavy atom. The molecule has 11 heavy (non-hydrogen) atoms. The van der Waals surface area contributed by atoms with Gasteiger partial charge in [-0.2, -0.15) is 0 Å². The summed E-state index contributed by atoms with van der Waals surface area (Å²) in [4.78, 5) is 7.40. The highest BCUT2D eigenvalue weighted by atomic mass is 14.8. The molecular weight excluding hydrogens is 136 g/mol. The Kier molecular flexibility index (Phi) is 2.13. The zero-order valence-electron chi connectivity index (χ0n) is 7.26. The predicted octanol–water partition coefficient (Wildman–Crippen LogP) is 2.23. The van der Waals surface area contributed by atoms with E-state index in [0.29, 0.717) is 0 Å². The van der Waals surface area contributed by atoms with Gasteiger partial charge in [0.25, 0.3) is 0 Å². The van der Waals surface area contributed by atoms with Crippen molar-refractivity contribution < 1.29 is 0 Å². The van der Waals surface area contributed by atoms with Crippen LogP contribution in [0.1, 0.15) is 26.5 Å². The second kappa shape index (κ2) is 2.91. The molecule has 1 aromatic rings. The molecule has 0 aliphatic rings. The Morgan fingerprint density at radius 1 is 1.45 bits per heavy atom. The van der Waals surface area contributed by atoms with Gasteiger partial charge in [0, 0.05) is 12.4 Å². The molecule has 2 heteroatoms. The molecule has 0 amide bonds. The highest BCUT2D eigenvalue weighted by molar-refractivity contribution is 5.77. The van der Waals surface area contributed by atoms with E-state index in [-0.39, 0.29) is 5.54 Å². The molecule has 2 nitrogen and oxygen atoms in total. The molecule has 0 spiro atoms. The van der Waals surface area contributed by atoms with Crippen LogP contribution in [0.2, 0.25) is 0 Å². The van der Waals surface area contributed by atoms with E-state index in [0.717, 1.165) is 5.69 Å². The average molecular weight is 150 g/mol. The maximum atomic E-state index is 4.34. The van der Waals surface area contributed by atoms with Crippen molar-refractivity contribution in [2.45, 2.75) is 26.3 Å². The first-order chi connectivity index (χ1) is 5.08. The number of hydrogen-bond acceptors (Lipinski definition) is 1. The molecule has 1 aromatic heterocycles. The molecule has 0 fully saturated rings. The van der Waals surface area contributed by atoms with Gasteiger partial charge in [0.05, 0.1) is 11.2 Å². The third kappa shape index (κ3) is 3.03. The van der Waals surface area contributed by atoms with Crippen molar-refractivity contribution in [3.63, 3.8) is 0 Å². The molecule has 1 N–H and O–H groups in total. The lowest BCUT2D eigenvalue weighted by Crippen LogP contribution is -2.09. The third-order valence-corrected chi connectivity index (χ3v) is 1.21. The van der Waals surface area contributed by atoms with Crippen molar-refractivity contribution >= 4 is 6.21 Å². The lowest BCUT2D eigenvalue weighted by molar-refractivity contribution is 0.586. The zero-order valence-corrected chi connectivity index (χ0v) is 7.26. The Labute approximate surface area is 67.4 Å². The van der Waals surface area contributed by atoms with Gasteiger partial charge in [0.1, 0.15) is 0 Å².